The standard InChI is InChI=1S/C24H24ClN3O2/c1-15-10-20(23(29)26-24(2,3)4)27-28(15)14-18-12-19(25)11-17-13-21(30-22(17)18)16-8-6-5-7-9-16/h5-13H,14H2,1-4H3,(H,26,29). The maximum Gasteiger partial charge on any atom is 0.272 e. The van der Waals surface area contributed by atoms with Crippen LogP contribution in [0, 0.1) is 6.92 Å². The predicted molar refractivity (Wildman–Crippen MR) is 120 cm³/mol. The van der Waals surface area contributed by atoms with Crippen molar-refractivity contribution in [1.29, 1.82) is 0 Å². The zero-order chi connectivity index (χ0) is 21.5. The molecule has 0 aliphatic heterocycles. The molecule has 30 heavy (non-hydrogen) atoms. The zero-order valence-electron chi connectivity index (χ0n) is 17.5. The summed E-state index contributed by atoms with van der Waals surface area (Å²) in [5, 5.41) is 9.03. The van der Waals surface area contributed by atoms with Gasteiger partial charge in [0.05, 0.1) is 6.54 Å². The molecule has 1 amide bonds. The molecule has 2 aromatic carbocycles. The molecule has 0 aliphatic rings. The van der Waals surface area contributed by atoms with Gasteiger partial charge in [0.1, 0.15) is 17.0 Å². The smallest absolute Gasteiger partial charge is 0.272 e. The Morgan fingerprint density at radius 2 is 1.87 bits per heavy atom. The topological polar surface area (TPSA) is 60.1 Å². The van der Waals surface area contributed by atoms with Crippen LogP contribution in [0.4, 0.5) is 0 Å². The number of carbonyl (C=O) groups excluding carboxylic acids is 1. The lowest BCUT2D eigenvalue weighted by atomic mass is 10.1. The highest BCUT2D eigenvalue weighted by Gasteiger charge is 2.19. The number of benzene rings is 2. The zero-order valence-corrected chi connectivity index (χ0v) is 18.2. The second-order valence-electron chi connectivity index (χ2n) is 8.49. The van der Waals surface area contributed by atoms with E-state index in [2.05, 4.69) is 10.4 Å². The van der Waals surface area contributed by atoms with Gasteiger partial charge in [0.25, 0.3) is 5.91 Å². The van der Waals surface area contributed by atoms with Crippen molar-refractivity contribution < 1.29 is 9.21 Å². The van der Waals surface area contributed by atoms with E-state index in [9.17, 15) is 4.79 Å². The minimum Gasteiger partial charge on any atom is -0.456 e. The fourth-order valence-corrected chi connectivity index (χ4v) is 3.64. The summed E-state index contributed by atoms with van der Waals surface area (Å²) in [6, 6.07) is 17.5. The highest BCUT2D eigenvalue weighted by molar-refractivity contribution is 6.31. The molecule has 1 N–H and O–H groups in total. The molecular weight excluding hydrogens is 398 g/mol. The van der Waals surface area contributed by atoms with Crippen LogP contribution in [-0.4, -0.2) is 21.2 Å². The molecule has 0 saturated carbocycles. The van der Waals surface area contributed by atoms with Gasteiger partial charge < -0.3 is 9.73 Å². The number of rotatable bonds is 4. The second kappa shape index (κ2) is 7.65. The van der Waals surface area contributed by atoms with Gasteiger partial charge >= 0.3 is 0 Å². The quantitative estimate of drug-likeness (QED) is 0.450. The highest BCUT2D eigenvalue weighted by Crippen LogP contribution is 2.32. The van der Waals surface area contributed by atoms with Gasteiger partial charge in [-0.2, -0.15) is 5.10 Å². The van der Waals surface area contributed by atoms with Crippen LogP contribution in [0.2, 0.25) is 5.02 Å². The van der Waals surface area contributed by atoms with E-state index in [0.29, 0.717) is 17.3 Å². The summed E-state index contributed by atoms with van der Waals surface area (Å²) in [6.45, 7) is 8.21. The third-order valence-corrected chi connectivity index (χ3v) is 4.96. The number of hydrogen-bond donors (Lipinski definition) is 1. The maximum atomic E-state index is 12.5. The van der Waals surface area contributed by atoms with Gasteiger partial charge in [0, 0.05) is 32.8 Å². The number of aromatic nitrogens is 2. The summed E-state index contributed by atoms with van der Waals surface area (Å²) < 4.78 is 7.99. The molecule has 2 aromatic heterocycles. The number of nitrogens with one attached hydrogen (secondary N) is 1. The summed E-state index contributed by atoms with van der Waals surface area (Å²) in [7, 11) is 0. The normalized spacial score (nSPS) is 11.8. The molecule has 2 heterocycles. The number of amides is 1. The lowest BCUT2D eigenvalue weighted by molar-refractivity contribution is 0.0913. The van der Waals surface area contributed by atoms with Crippen molar-refractivity contribution in [3.05, 3.63) is 76.6 Å². The van der Waals surface area contributed by atoms with E-state index in [1.165, 1.54) is 0 Å². The number of furan rings is 1. The molecule has 5 nitrogen and oxygen atoms in total. The van der Waals surface area contributed by atoms with Crippen molar-refractivity contribution >= 4 is 28.5 Å². The fourth-order valence-electron chi connectivity index (χ4n) is 3.39. The second-order valence-corrected chi connectivity index (χ2v) is 8.93. The lowest BCUT2D eigenvalue weighted by Crippen LogP contribution is -2.40. The Hall–Kier alpha value is -3.05. The average molecular weight is 422 g/mol. The monoisotopic (exact) mass is 421 g/mol. The first-order valence-corrected chi connectivity index (χ1v) is 10.2. The van der Waals surface area contributed by atoms with Crippen molar-refractivity contribution in [2.45, 2.75) is 39.8 Å². The summed E-state index contributed by atoms with van der Waals surface area (Å²) in [4.78, 5) is 12.5. The summed E-state index contributed by atoms with van der Waals surface area (Å²) in [5.41, 5.74) is 3.65. The van der Waals surface area contributed by atoms with Gasteiger partial charge in [-0.3, -0.25) is 9.48 Å². The molecular formula is C24H24ClN3O2. The number of hydrogen-bond acceptors (Lipinski definition) is 3. The number of aryl methyl sites for hydroxylation is 1. The molecule has 0 aliphatic carbocycles. The Balaban J connectivity index is 1.69. The van der Waals surface area contributed by atoms with Crippen LogP contribution >= 0.6 is 11.6 Å². The SMILES string of the molecule is Cc1cc(C(=O)NC(C)(C)C)nn1Cc1cc(Cl)cc2cc(-c3ccccc3)oc12. The van der Waals surface area contributed by atoms with Crippen LogP contribution in [0.1, 0.15) is 42.5 Å². The Morgan fingerprint density at radius 3 is 2.57 bits per heavy atom. The first-order valence-electron chi connectivity index (χ1n) is 9.84. The first-order chi connectivity index (χ1) is 14.2. The Labute approximate surface area is 180 Å². The Kier molecular flexibility index (Phi) is 5.16. The summed E-state index contributed by atoms with van der Waals surface area (Å²) in [5.74, 6) is 0.599. The van der Waals surface area contributed by atoms with E-state index in [0.717, 1.165) is 33.6 Å². The van der Waals surface area contributed by atoms with Crippen molar-refractivity contribution in [3.8, 4) is 11.3 Å². The number of fused-ring (bicyclic) bond motifs is 1. The third-order valence-electron chi connectivity index (χ3n) is 4.74. The van der Waals surface area contributed by atoms with Crippen LogP contribution in [0.15, 0.2) is 59.0 Å². The van der Waals surface area contributed by atoms with Gasteiger partial charge in [0.15, 0.2) is 0 Å². The molecule has 0 fully saturated rings. The van der Waals surface area contributed by atoms with E-state index in [4.69, 9.17) is 16.0 Å². The molecule has 6 heteroatoms. The largest absolute Gasteiger partial charge is 0.456 e. The summed E-state index contributed by atoms with van der Waals surface area (Å²) >= 11 is 6.38. The van der Waals surface area contributed by atoms with Crippen LogP contribution in [0.25, 0.3) is 22.3 Å². The van der Waals surface area contributed by atoms with E-state index in [-0.39, 0.29) is 11.4 Å². The van der Waals surface area contributed by atoms with E-state index >= 15 is 0 Å². The maximum absolute atomic E-state index is 12.5. The van der Waals surface area contributed by atoms with Crippen molar-refractivity contribution in [2.75, 3.05) is 0 Å². The van der Waals surface area contributed by atoms with Gasteiger partial charge in [0.2, 0.25) is 0 Å². The minimum absolute atomic E-state index is 0.190. The van der Waals surface area contributed by atoms with Gasteiger partial charge in [-0.05, 0) is 52.0 Å². The van der Waals surface area contributed by atoms with E-state index in [1.54, 1.807) is 10.7 Å². The number of halogens is 1. The summed E-state index contributed by atoms with van der Waals surface area (Å²) in [6.07, 6.45) is 0. The molecule has 4 aromatic rings. The third kappa shape index (κ3) is 4.26. The predicted octanol–water partition coefficient (Wildman–Crippen LogP) is 5.83. The van der Waals surface area contributed by atoms with Crippen molar-refractivity contribution in [3.63, 3.8) is 0 Å². The molecule has 0 atom stereocenters. The molecule has 154 valence electrons. The molecule has 0 bridgehead atoms. The van der Waals surface area contributed by atoms with Crippen LogP contribution in [0.5, 0.6) is 0 Å². The van der Waals surface area contributed by atoms with E-state index < -0.39 is 0 Å². The lowest BCUT2D eigenvalue weighted by Gasteiger charge is -2.19. The Bertz CT molecular complexity index is 1220. The van der Waals surface area contributed by atoms with Crippen LogP contribution in [0.3, 0.4) is 0 Å². The number of carbonyl (C=O) groups is 1. The minimum atomic E-state index is -0.324. The van der Waals surface area contributed by atoms with Crippen molar-refractivity contribution in [1.82, 2.24) is 15.1 Å². The highest BCUT2D eigenvalue weighted by atomic mass is 35.5. The Morgan fingerprint density at radius 1 is 1.13 bits per heavy atom. The molecule has 0 saturated heterocycles. The molecule has 4 rings (SSSR count). The fraction of sp³-hybridized carbons (Fsp3) is 0.250. The van der Waals surface area contributed by atoms with E-state index in [1.807, 2.05) is 76.2 Å². The average Bonchev–Trinajstić information content (AvgIpc) is 3.25. The van der Waals surface area contributed by atoms with Crippen LogP contribution in [-0.2, 0) is 6.54 Å². The van der Waals surface area contributed by atoms with Gasteiger partial charge in [-0.15, -0.1) is 0 Å². The van der Waals surface area contributed by atoms with Crippen LogP contribution < -0.4 is 5.32 Å². The van der Waals surface area contributed by atoms with Gasteiger partial charge in [-0.25, -0.2) is 0 Å². The first kappa shape index (κ1) is 20.2. The number of nitrogens with zero attached hydrogens (tertiary/aromatic N) is 2. The van der Waals surface area contributed by atoms with Gasteiger partial charge in [-0.1, -0.05) is 41.9 Å². The molecule has 0 spiro atoms. The van der Waals surface area contributed by atoms with Crippen molar-refractivity contribution in [2.24, 2.45) is 0 Å². The molecule has 0 unspecified atom stereocenters. The molecule has 0 radical (unpaired) electrons.